The Bertz CT molecular complexity index is 2980. The highest BCUT2D eigenvalue weighted by molar-refractivity contribution is 5.76. The molecular weight excluding hydrogens is 1010 g/mol. The van der Waals surface area contributed by atoms with Crippen LogP contribution in [0.5, 0.6) is 0 Å². The minimum Gasteiger partial charge on any atom is -0.459 e. The smallest absolute Gasteiger partial charge is 0.338 e. The lowest BCUT2D eigenvalue weighted by Gasteiger charge is -2.49. The van der Waals surface area contributed by atoms with Crippen LogP contribution in [-0.4, -0.2) is 74.0 Å². The van der Waals surface area contributed by atoms with E-state index in [0.29, 0.717) is 0 Å². The van der Waals surface area contributed by atoms with Crippen LogP contribution in [0, 0.1) is 0 Å². The van der Waals surface area contributed by atoms with E-state index in [0.717, 1.165) is 44.5 Å². The zero-order valence-corrected chi connectivity index (χ0v) is 44.6. The minimum absolute atomic E-state index is 0.0164. The summed E-state index contributed by atoms with van der Waals surface area (Å²) in [4.78, 5) is 15.0. The van der Waals surface area contributed by atoms with Crippen LogP contribution in [0.2, 0.25) is 0 Å². The fraction of sp³-hybridized carbons (Fsp3) is 0.279. The molecule has 0 saturated carbocycles. The van der Waals surface area contributed by atoms with Crippen LogP contribution < -0.4 is 0 Å². The second-order valence-electron chi connectivity index (χ2n) is 19.8. The summed E-state index contributed by atoms with van der Waals surface area (Å²) in [5.74, 6) is -0.673. The predicted molar refractivity (Wildman–Crippen MR) is 301 cm³/mol. The number of rotatable bonds is 27. The maximum Gasteiger partial charge on any atom is 0.338 e. The molecule has 2 aliphatic heterocycles. The lowest BCUT2D eigenvalue weighted by Crippen LogP contribution is -2.67. The van der Waals surface area contributed by atoms with Crippen molar-refractivity contribution in [3.63, 3.8) is 0 Å². The highest BCUT2D eigenvalue weighted by Gasteiger charge is 2.56. The SMILES string of the molecule is O=C(OCc1ccccc1)[C@H]1O[C@H](O[C@H]2[C@H](OCc3ccccc3)[C@@H](OCc3ccccc3)[C@H](OCc3ccccc3)O[C@@H]2COCc2ccccc2)[C@H](OCc2ccccc2)[C@@H](OCc2ccccc2)[C@@H]1OCc1ccccc1. The third-order valence-corrected chi connectivity index (χ3v) is 13.9. The van der Waals surface area contributed by atoms with Gasteiger partial charge in [0.05, 0.1) is 52.9 Å². The first-order valence-corrected chi connectivity index (χ1v) is 27.3. The summed E-state index contributed by atoms with van der Waals surface area (Å²) >= 11 is 0. The van der Waals surface area contributed by atoms with Crippen molar-refractivity contribution in [1.29, 1.82) is 0 Å². The van der Waals surface area contributed by atoms with E-state index in [-0.39, 0.29) is 59.5 Å². The Balaban J connectivity index is 1.07. The van der Waals surface area contributed by atoms with Crippen LogP contribution in [0.3, 0.4) is 0 Å². The van der Waals surface area contributed by atoms with E-state index in [4.69, 9.17) is 52.1 Å². The summed E-state index contributed by atoms with van der Waals surface area (Å²) in [7, 11) is 0. The van der Waals surface area contributed by atoms with Gasteiger partial charge in [0.15, 0.2) is 18.7 Å². The Labute approximate surface area is 469 Å². The number of hydrogen-bond donors (Lipinski definition) is 0. The molecule has 0 aromatic heterocycles. The molecular formula is C68H68O12. The minimum atomic E-state index is -1.39. The van der Waals surface area contributed by atoms with Gasteiger partial charge in [-0.05, 0) is 44.5 Å². The van der Waals surface area contributed by atoms with Crippen LogP contribution in [0.15, 0.2) is 243 Å². The van der Waals surface area contributed by atoms with Gasteiger partial charge in [-0.2, -0.15) is 0 Å². The average molecular weight is 1080 g/mol. The molecule has 412 valence electrons. The van der Waals surface area contributed by atoms with Crippen molar-refractivity contribution in [3.8, 4) is 0 Å². The highest BCUT2D eigenvalue weighted by atomic mass is 16.8. The highest BCUT2D eigenvalue weighted by Crippen LogP contribution is 2.37. The molecule has 8 aromatic rings. The van der Waals surface area contributed by atoms with E-state index in [1.54, 1.807) is 0 Å². The number of hydrogen-bond acceptors (Lipinski definition) is 12. The van der Waals surface area contributed by atoms with Crippen molar-refractivity contribution in [1.82, 2.24) is 0 Å². The Kier molecular flexibility index (Phi) is 21.0. The van der Waals surface area contributed by atoms with Crippen LogP contribution in [0.1, 0.15) is 44.5 Å². The topological polar surface area (TPSA) is 119 Å². The molecule has 2 saturated heterocycles. The molecule has 80 heavy (non-hydrogen) atoms. The molecule has 0 bridgehead atoms. The summed E-state index contributed by atoms with van der Waals surface area (Å²) in [5, 5.41) is 0. The van der Waals surface area contributed by atoms with Gasteiger partial charge in [-0.1, -0.05) is 243 Å². The molecule has 0 aliphatic carbocycles. The largest absolute Gasteiger partial charge is 0.459 e. The van der Waals surface area contributed by atoms with Crippen molar-refractivity contribution in [2.75, 3.05) is 6.61 Å². The molecule has 0 unspecified atom stereocenters. The first-order valence-electron chi connectivity index (χ1n) is 27.3. The van der Waals surface area contributed by atoms with Crippen molar-refractivity contribution >= 4 is 5.97 Å². The lowest BCUT2D eigenvalue weighted by molar-refractivity contribution is -0.374. The van der Waals surface area contributed by atoms with Gasteiger partial charge in [0.2, 0.25) is 0 Å². The lowest BCUT2D eigenvalue weighted by atomic mass is 9.95. The van der Waals surface area contributed by atoms with Gasteiger partial charge in [-0.25, -0.2) is 4.79 Å². The van der Waals surface area contributed by atoms with Crippen LogP contribution in [0.25, 0.3) is 0 Å². The molecule has 8 aromatic carbocycles. The van der Waals surface area contributed by atoms with E-state index in [9.17, 15) is 0 Å². The maximum atomic E-state index is 15.0. The molecule has 12 nitrogen and oxygen atoms in total. The fourth-order valence-corrected chi connectivity index (χ4v) is 9.75. The Morgan fingerprint density at radius 3 is 0.988 bits per heavy atom. The van der Waals surface area contributed by atoms with Gasteiger partial charge in [0.1, 0.15) is 49.3 Å². The number of benzene rings is 8. The molecule has 0 spiro atoms. The van der Waals surface area contributed by atoms with E-state index in [1.165, 1.54) is 0 Å². The number of carbonyl (C=O) groups is 1. The summed E-state index contributed by atoms with van der Waals surface area (Å²) in [6, 6.07) is 78.6. The van der Waals surface area contributed by atoms with Crippen LogP contribution in [-0.2, 0) is 110 Å². The van der Waals surface area contributed by atoms with Gasteiger partial charge >= 0.3 is 5.97 Å². The van der Waals surface area contributed by atoms with Gasteiger partial charge in [-0.3, -0.25) is 0 Å². The number of ether oxygens (including phenoxy) is 11. The van der Waals surface area contributed by atoms with Gasteiger partial charge in [0.25, 0.3) is 0 Å². The van der Waals surface area contributed by atoms with Crippen molar-refractivity contribution in [3.05, 3.63) is 287 Å². The quantitative estimate of drug-likeness (QED) is 0.0456. The first-order chi connectivity index (χ1) is 39.6. The Morgan fingerprint density at radius 1 is 0.300 bits per heavy atom. The van der Waals surface area contributed by atoms with Crippen LogP contribution >= 0.6 is 0 Å². The zero-order chi connectivity index (χ0) is 54.4. The molecule has 0 N–H and O–H groups in total. The zero-order valence-electron chi connectivity index (χ0n) is 44.6. The fourth-order valence-electron chi connectivity index (χ4n) is 9.75. The molecule has 0 amide bonds. The normalized spacial score (nSPS) is 22.8. The van der Waals surface area contributed by atoms with E-state index in [2.05, 4.69) is 0 Å². The number of carbonyl (C=O) groups excluding carboxylic acids is 1. The summed E-state index contributed by atoms with van der Waals surface area (Å²) in [6.07, 6.45) is -10.6. The average Bonchev–Trinajstić information content (AvgIpc) is 3.58. The van der Waals surface area contributed by atoms with Crippen molar-refractivity contribution in [2.45, 2.75) is 114 Å². The third kappa shape index (κ3) is 16.2. The van der Waals surface area contributed by atoms with E-state index in [1.807, 2.05) is 243 Å². The van der Waals surface area contributed by atoms with Gasteiger partial charge in [0, 0.05) is 0 Å². The monoisotopic (exact) mass is 1080 g/mol. The molecule has 10 atom stereocenters. The third-order valence-electron chi connectivity index (χ3n) is 13.9. The molecule has 2 heterocycles. The summed E-state index contributed by atoms with van der Waals surface area (Å²) < 4.78 is 76.4. The molecule has 0 radical (unpaired) electrons. The van der Waals surface area contributed by atoms with E-state index < -0.39 is 67.4 Å². The second-order valence-corrected chi connectivity index (χ2v) is 19.8. The molecule has 2 fully saturated rings. The standard InChI is InChI=1S/C68H68O12/c69-66(76-47-56-37-21-7-22-38-56)63-61(72-43-52-29-13-3-14-30-52)62(73-44-53-31-15-4-16-32-53)65(75-46-55-35-19-6-20-36-55)68(80-63)79-59-58(49-70-41-50-25-9-1-10-26-50)78-67(77-48-57-39-23-8-24-40-57)64(74-45-54-33-17-5-18-34-54)60(59)71-42-51-27-11-2-12-28-51/h1-40,58-65,67-68H,41-49H2/t58-,59-,60+,61+,62+,63+,64-,65-,67-,68+/m1/s1. The molecule has 2 aliphatic rings. The summed E-state index contributed by atoms with van der Waals surface area (Å²) in [6.45, 7) is 1.27. The molecule has 12 heteroatoms. The second kappa shape index (κ2) is 29.9. The van der Waals surface area contributed by atoms with Crippen LogP contribution in [0.4, 0.5) is 0 Å². The summed E-state index contributed by atoms with van der Waals surface area (Å²) in [5.41, 5.74) is 7.24. The van der Waals surface area contributed by atoms with Gasteiger partial charge in [-0.15, -0.1) is 0 Å². The Morgan fingerprint density at radius 2 is 0.600 bits per heavy atom. The van der Waals surface area contributed by atoms with Crippen molar-refractivity contribution < 1.29 is 56.9 Å². The van der Waals surface area contributed by atoms with E-state index >= 15 is 4.79 Å². The first kappa shape index (κ1) is 56.1. The van der Waals surface area contributed by atoms with Gasteiger partial charge < -0.3 is 52.1 Å². The number of esters is 1. The predicted octanol–water partition coefficient (Wildman–Crippen LogP) is 11.9. The maximum absolute atomic E-state index is 15.0. The molecule has 10 rings (SSSR count). The Hall–Kier alpha value is -7.17. The van der Waals surface area contributed by atoms with Crippen molar-refractivity contribution in [2.24, 2.45) is 0 Å².